The van der Waals surface area contributed by atoms with E-state index in [9.17, 15) is 18.0 Å². The first-order chi connectivity index (χ1) is 18.2. The molecule has 0 saturated carbocycles. The van der Waals surface area contributed by atoms with Crippen LogP contribution in [0, 0.1) is 0 Å². The first-order valence-electron chi connectivity index (χ1n) is 12.2. The third-order valence-corrected chi connectivity index (χ3v) is 7.30. The number of benzene rings is 2. The number of halogens is 1. The van der Waals surface area contributed by atoms with E-state index in [0.29, 0.717) is 41.4 Å². The van der Waals surface area contributed by atoms with Crippen molar-refractivity contribution in [2.75, 3.05) is 39.2 Å². The number of carbonyl (C=O) groups excluding carboxylic acids is 1. The predicted octanol–water partition coefficient (Wildman–Crippen LogP) is 2.15. The van der Waals surface area contributed by atoms with Gasteiger partial charge in [0.2, 0.25) is 5.43 Å². The summed E-state index contributed by atoms with van der Waals surface area (Å²) >= 11 is 5.94. The zero-order valence-corrected chi connectivity index (χ0v) is 22.4. The minimum atomic E-state index is -3.67. The molecule has 1 atom stereocenters. The van der Waals surface area contributed by atoms with E-state index in [2.05, 4.69) is 10.2 Å². The largest absolute Gasteiger partial charge is 0.484 e. The van der Waals surface area contributed by atoms with E-state index in [1.807, 2.05) is 6.07 Å². The normalized spacial score (nSPS) is 17.8. The summed E-state index contributed by atoms with van der Waals surface area (Å²) in [6.45, 7) is 3.60. The van der Waals surface area contributed by atoms with Crippen molar-refractivity contribution in [2.45, 2.75) is 25.7 Å². The highest BCUT2D eigenvalue weighted by Crippen LogP contribution is 2.32. The number of rotatable bonds is 8. The van der Waals surface area contributed by atoms with E-state index in [4.69, 9.17) is 25.3 Å². The molecule has 0 radical (unpaired) electrons. The number of morpholine rings is 1. The molecule has 0 bridgehead atoms. The second-order valence-electron chi connectivity index (χ2n) is 9.44. The maximum absolute atomic E-state index is 13.6. The molecule has 3 heterocycles. The summed E-state index contributed by atoms with van der Waals surface area (Å²) in [5.74, 6) is -0.0597. The average molecular weight is 562 g/mol. The van der Waals surface area contributed by atoms with Gasteiger partial charge >= 0.3 is 0 Å². The number of hydrogen-bond donors (Lipinski definition) is 1. The van der Waals surface area contributed by atoms with Crippen molar-refractivity contribution >= 4 is 38.5 Å². The summed E-state index contributed by atoms with van der Waals surface area (Å²) in [4.78, 5) is 28.9. The van der Waals surface area contributed by atoms with E-state index in [-0.39, 0.29) is 25.3 Å². The monoisotopic (exact) mass is 561 g/mol. The highest BCUT2D eigenvalue weighted by atomic mass is 35.5. The average Bonchev–Trinajstić information content (AvgIpc) is 2.89. The summed E-state index contributed by atoms with van der Waals surface area (Å²) in [6.07, 6.45) is 1.85. The fourth-order valence-electron chi connectivity index (χ4n) is 4.66. The first-order valence-corrected chi connectivity index (χ1v) is 14.4. The lowest BCUT2D eigenvalue weighted by Gasteiger charge is -2.30. The molecule has 1 saturated heterocycles. The number of amides is 1. The van der Waals surface area contributed by atoms with E-state index in [1.54, 1.807) is 34.9 Å². The van der Waals surface area contributed by atoms with Gasteiger partial charge in [-0.25, -0.2) is 0 Å². The van der Waals surface area contributed by atoms with Gasteiger partial charge in [-0.3, -0.25) is 18.7 Å². The Labute approximate surface area is 225 Å². The van der Waals surface area contributed by atoms with Crippen molar-refractivity contribution in [2.24, 2.45) is 0 Å². The van der Waals surface area contributed by atoms with Crippen molar-refractivity contribution in [1.29, 1.82) is 0 Å². The number of nitrogens with zero attached hydrogens (tertiary/aromatic N) is 2. The van der Waals surface area contributed by atoms with Crippen LogP contribution in [0.4, 0.5) is 0 Å². The molecule has 38 heavy (non-hydrogen) atoms. The Morgan fingerprint density at radius 2 is 1.89 bits per heavy atom. The van der Waals surface area contributed by atoms with Gasteiger partial charge in [0, 0.05) is 37.4 Å². The summed E-state index contributed by atoms with van der Waals surface area (Å²) in [7, 11) is -3.67. The fourth-order valence-corrected chi connectivity index (χ4v) is 5.19. The number of ether oxygens (including phenoxy) is 2. The van der Waals surface area contributed by atoms with Gasteiger partial charge < -0.3 is 19.4 Å². The Morgan fingerprint density at radius 1 is 1.16 bits per heavy atom. The highest BCUT2D eigenvalue weighted by Gasteiger charge is 2.27. The van der Waals surface area contributed by atoms with Crippen LogP contribution < -0.4 is 15.5 Å². The molecule has 10 nitrogen and oxygen atoms in total. The zero-order valence-electron chi connectivity index (χ0n) is 20.8. The molecule has 5 rings (SSSR count). The van der Waals surface area contributed by atoms with E-state index < -0.39 is 27.6 Å². The number of nitrogens with one attached hydrogen (secondary N) is 1. The van der Waals surface area contributed by atoms with Crippen LogP contribution in [-0.2, 0) is 38.7 Å². The second kappa shape index (κ2) is 11.0. The third kappa shape index (κ3) is 6.19. The molecule has 12 heteroatoms. The van der Waals surface area contributed by atoms with Crippen molar-refractivity contribution in [3.05, 3.63) is 74.5 Å². The number of carbonyl (C=O) groups is 1. The Kier molecular flexibility index (Phi) is 7.73. The molecule has 2 aromatic carbocycles. The maximum Gasteiger partial charge on any atom is 0.264 e. The summed E-state index contributed by atoms with van der Waals surface area (Å²) in [6, 6.07) is 10.7. The second-order valence-corrected chi connectivity index (χ2v) is 11.5. The van der Waals surface area contributed by atoms with Crippen LogP contribution >= 0.6 is 11.6 Å². The number of aromatic nitrogens is 1. The lowest BCUT2D eigenvalue weighted by molar-refractivity contribution is 0.0341. The Hall–Kier alpha value is -2.96. The van der Waals surface area contributed by atoms with Gasteiger partial charge in [-0.05, 0) is 35.4 Å². The molecular formula is C26H28ClN3O7S. The van der Waals surface area contributed by atoms with Crippen LogP contribution in [-0.4, -0.2) is 69.1 Å². The molecule has 0 aliphatic carbocycles. The molecule has 202 valence electrons. The van der Waals surface area contributed by atoms with Crippen LogP contribution in [0.2, 0.25) is 5.02 Å². The molecule has 0 spiro atoms. The Morgan fingerprint density at radius 3 is 2.61 bits per heavy atom. The summed E-state index contributed by atoms with van der Waals surface area (Å²) in [5.41, 5.74) is 1.84. The molecule has 1 N–H and O–H groups in total. The van der Waals surface area contributed by atoms with Crippen LogP contribution in [0.25, 0.3) is 10.9 Å². The quantitative estimate of drug-likeness (QED) is 0.416. The van der Waals surface area contributed by atoms with Gasteiger partial charge in [0.05, 0.1) is 36.9 Å². The number of hydrogen-bond acceptors (Lipinski definition) is 8. The van der Waals surface area contributed by atoms with Gasteiger partial charge in [0.25, 0.3) is 16.0 Å². The molecular weight excluding hydrogens is 534 g/mol. The van der Waals surface area contributed by atoms with Crippen LogP contribution in [0.3, 0.4) is 0 Å². The van der Waals surface area contributed by atoms with Crippen molar-refractivity contribution in [3.63, 3.8) is 0 Å². The smallest absolute Gasteiger partial charge is 0.264 e. The minimum absolute atomic E-state index is 0.00869. The van der Waals surface area contributed by atoms with Gasteiger partial charge in [-0.1, -0.05) is 23.7 Å². The molecule has 1 amide bonds. The third-order valence-electron chi connectivity index (χ3n) is 6.48. The van der Waals surface area contributed by atoms with E-state index >= 15 is 0 Å². The minimum Gasteiger partial charge on any atom is -0.484 e. The fraction of sp³-hybridized carbons (Fsp3) is 0.385. The zero-order chi connectivity index (χ0) is 26.9. The predicted molar refractivity (Wildman–Crippen MR) is 142 cm³/mol. The van der Waals surface area contributed by atoms with Crippen molar-refractivity contribution in [1.82, 2.24) is 14.8 Å². The summed E-state index contributed by atoms with van der Waals surface area (Å²) in [5, 5.41) is 3.77. The molecule has 1 aromatic heterocycles. The van der Waals surface area contributed by atoms with Gasteiger partial charge in [-0.15, -0.1) is 0 Å². The molecule has 3 aromatic rings. The lowest BCUT2D eigenvalue weighted by Crippen LogP contribution is -2.37. The van der Waals surface area contributed by atoms with Crippen molar-refractivity contribution in [3.8, 4) is 5.75 Å². The molecule has 2 aliphatic heterocycles. The van der Waals surface area contributed by atoms with Crippen LogP contribution in [0.5, 0.6) is 5.75 Å². The molecule has 1 fully saturated rings. The van der Waals surface area contributed by atoms with Crippen LogP contribution in [0.1, 0.15) is 21.5 Å². The molecule has 2 aliphatic rings. The number of pyridine rings is 1. The standard InChI is InChI=1S/C26H28ClN3O7S/c1-38(33,34)36-16-20-14-30-15-22(26(32)28-12-17-2-4-19(27)5-3-17)25(31)21-10-18(11-23(37-20)24(21)30)13-29-6-8-35-9-7-29/h2-5,10-11,15,20H,6-9,12-14,16H2,1H3,(H,28,32). The van der Waals surface area contributed by atoms with E-state index in [1.165, 1.54) is 6.20 Å². The van der Waals surface area contributed by atoms with Crippen LogP contribution in [0.15, 0.2) is 47.4 Å². The molecule has 1 unspecified atom stereocenters. The highest BCUT2D eigenvalue weighted by molar-refractivity contribution is 7.85. The topological polar surface area (TPSA) is 116 Å². The summed E-state index contributed by atoms with van der Waals surface area (Å²) < 4.78 is 41.4. The maximum atomic E-state index is 13.6. The Bertz CT molecular complexity index is 1520. The Balaban J connectivity index is 1.49. The van der Waals surface area contributed by atoms with Gasteiger partial charge in [0.1, 0.15) is 24.0 Å². The van der Waals surface area contributed by atoms with E-state index in [0.717, 1.165) is 30.5 Å². The first kappa shape index (κ1) is 26.6. The lowest BCUT2D eigenvalue weighted by atomic mass is 10.0. The van der Waals surface area contributed by atoms with Gasteiger partial charge in [-0.2, -0.15) is 8.42 Å². The SMILES string of the molecule is CS(=O)(=O)OCC1Cn2cc(C(=O)NCc3ccc(Cl)cc3)c(=O)c3cc(CN4CCOCC4)cc(c32)O1. The van der Waals surface area contributed by atoms with Gasteiger partial charge in [0.15, 0.2) is 0 Å². The van der Waals surface area contributed by atoms with Crippen molar-refractivity contribution < 1.29 is 26.9 Å².